The van der Waals surface area contributed by atoms with Crippen LogP contribution in [-0.2, 0) is 22.4 Å². The van der Waals surface area contributed by atoms with E-state index < -0.39 is 0 Å². The van der Waals surface area contributed by atoms with Gasteiger partial charge in [0.1, 0.15) is 0 Å². The summed E-state index contributed by atoms with van der Waals surface area (Å²) in [7, 11) is 3.75. The Morgan fingerprint density at radius 1 is 1.24 bits per heavy atom. The smallest absolute Gasteiger partial charge is 0.204 e. The first-order valence-corrected chi connectivity index (χ1v) is 13.5. The van der Waals surface area contributed by atoms with Crippen LogP contribution in [0.2, 0.25) is 0 Å². The lowest BCUT2D eigenvalue weighted by molar-refractivity contribution is -0.107. The lowest BCUT2D eigenvalue weighted by Crippen LogP contribution is -2.13. The van der Waals surface area contributed by atoms with Gasteiger partial charge in [-0.3, -0.25) is 9.59 Å². The zero-order valence-electron chi connectivity index (χ0n) is 23.1. The van der Waals surface area contributed by atoms with Gasteiger partial charge in [0.2, 0.25) is 12.8 Å². The molecule has 0 aromatic carbocycles. The number of primary amides is 2. The van der Waals surface area contributed by atoms with Crippen LogP contribution in [-0.4, -0.2) is 31.9 Å². The molecule has 0 radical (unpaired) electrons. The zero-order chi connectivity index (χ0) is 28.6. The van der Waals surface area contributed by atoms with Gasteiger partial charge in [-0.05, 0) is 75.7 Å². The van der Waals surface area contributed by atoms with Crippen LogP contribution >= 0.6 is 11.3 Å². The molecule has 208 valence electrons. The average Bonchev–Trinajstić information content (AvgIpc) is 3.53. The Hall–Kier alpha value is -2.96. The van der Waals surface area contributed by atoms with Crippen molar-refractivity contribution in [2.75, 3.05) is 14.1 Å². The van der Waals surface area contributed by atoms with Gasteiger partial charge in [-0.2, -0.15) is 5.26 Å². The zero-order valence-corrected chi connectivity index (χ0v) is 23.9. The van der Waals surface area contributed by atoms with Crippen LogP contribution in [0.1, 0.15) is 68.0 Å². The van der Waals surface area contributed by atoms with Gasteiger partial charge >= 0.3 is 0 Å². The quantitative estimate of drug-likeness (QED) is 0.302. The maximum absolute atomic E-state index is 9.12. The number of nitrogens with zero attached hydrogens (tertiary/aromatic N) is 2. The minimum atomic E-state index is 0.250. The number of fused-ring (bicyclic) bond motifs is 1. The number of nitrogens with two attached hydrogens (primary N) is 3. The van der Waals surface area contributed by atoms with E-state index in [1.54, 1.807) is 0 Å². The lowest BCUT2D eigenvalue weighted by Gasteiger charge is -2.22. The maximum Gasteiger partial charge on any atom is 0.204 e. The SMILES string of the molecule is C=C(C#N)CC(CCc1nc2c(s1)CC(C(C)C)C=C2)C1CCCC1.C=CN.CNC.NC=O.NC=O. The molecule has 9 heteroatoms. The largest absolute Gasteiger partial charge is 0.405 e. The van der Waals surface area contributed by atoms with Crippen molar-refractivity contribution in [2.45, 2.75) is 65.2 Å². The van der Waals surface area contributed by atoms with Crippen LogP contribution in [0.3, 0.4) is 0 Å². The van der Waals surface area contributed by atoms with Crippen LogP contribution in [0.25, 0.3) is 6.08 Å². The number of hydrogen-bond acceptors (Lipinski definition) is 7. The van der Waals surface area contributed by atoms with Gasteiger partial charge in [-0.1, -0.05) is 58.8 Å². The van der Waals surface area contributed by atoms with Crippen LogP contribution in [0.5, 0.6) is 0 Å². The number of carbonyl (C=O) groups excluding carboxylic acids is 2. The number of carbonyl (C=O) groups is 2. The maximum atomic E-state index is 9.12. The Bertz CT molecular complexity index is 824. The van der Waals surface area contributed by atoms with Crippen molar-refractivity contribution in [3.63, 3.8) is 0 Å². The normalized spacial score (nSPS) is 15.8. The molecule has 1 aromatic rings. The van der Waals surface area contributed by atoms with Crippen molar-refractivity contribution in [1.29, 1.82) is 5.26 Å². The van der Waals surface area contributed by atoms with Crippen molar-refractivity contribution >= 4 is 30.2 Å². The summed E-state index contributed by atoms with van der Waals surface area (Å²) in [6, 6.07) is 2.26. The van der Waals surface area contributed by atoms with Gasteiger partial charge in [0, 0.05) is 10.5 Å². The van der Waals surface area contributed by atoms with E-state index in [1.807, 2.05) is 25.4 Å². The van der Waals surface area contributed by atoms with E-state index in [-0.39, 0.29) is 12.8 Å². The highest BCUT2D eigenvalue weighted by molar-refractivity contribution is 7.11. The number of allylic oxidation sites excluding steroid dienone is 2. The summed E-state index contributed by atoms with van der Waals surface area (Å²) in [5.74, 6) is 2.74. The van der Waals surface area contributed by atoms with Crippen molar-refractivity contribution in [2.24, 2.45) is 40.9 Å². The van der Waals surface area contributed by atoms with Crippen molar-refractivity contribution in [3.8, 4) is 6.07 Å². The molecule has 8 nitrogen and oxygen atoms in total. The van der Waals surface area contributed by atoms with Crippen LogP contribution in [0.4, 0.5) is 0 Å². The number of hydrogen-bond donors (Lipinski definition) is 4. The van der Waals surface area contributed by atoms with E-state index >= 15 is 0 Å². The summed E-state index contributed by atoms with van der Waals surface area (Å²) in [6.07, 6.45) is 15.9. The van der Waals surface area contributed by atoms with Gasteiger partial charge < -0.3 is 22.5 Å². The second-order valence-electron chi connectivity index (χ2n) is 9.16. The Balaban J connectivity index is 0. The van der Waals surface area contributed by atoms with E-state index in [0.717, 1.165) is 37.2 Å². The van der Waals surface area contributed by atoms with Crippen LogP contribution in [0, 0.1) is 35.0 Å². The number of thiazole rings is 1. The molecule has 2 unspecified atom stereocenters. The molecule has 1 saturated carbocycles. The van der Waals surface area contributed by atoms with Gasteiger partial charge in [-0.15, -0.1) is 11.3 Å². The third-order valence-electron chi connectivity index (χ3n) is 6.01. The highest BCUT2D eigenvalue weighted by Gasteiger charge is 2.26. The first kappa shape index (κ1) is 36.2. The monoisotopic (exact) mass is 532 g/mol. The van der Waals surface area contributed by atoms with E-state index in [2.05, 4.69) is 67.7 Å². The fourth-order valence-electron chi connectivity index (χ4n) is 4.36. The third-order valence-corrected chi connectivity index (χ3v) is 7.17. The number of nitrogens with one attached hydrogen (secondary N) is 1. The van der Waals surface area contributed by atoms with Crippen molar-refractivity contribution < 1.29 is 9.59 Å². The molecule has 2 atom stereocenters. The predicted molar refractivity (Wildman–Crippen MR) is 156 cm³/mol. The van der Waals surface area contributed by atoms with E-state index in [9.17, 15) is 0 Å². The van der Waals surface area contributed by atoms with E-state index in [1.165, 1.54) is 47.5 Å². The molecule has 0 aliphatic heterocycles. The highest BCUT2D eigenvalue weighted by atomic mass is 32.1. The van der Waals surface area contributed by atoms with Gasteiger partial charge in [-0.25, -0.2) is 4.98 Å². The molecule has 1 heterocycles. The van der Waals surface area contributed by atoms with Crippen LogP contribution < -0.4 is 22.5 Å². The number of aromatic nitrogens is 1. The Kier molecular flexibility index (Phi) is 22.9. The second-order valence-corrected chi connectivity index (χ2v) is 10.3. The van der Waals surface area contributed by atoms with Crippen LogP contribution in [0.15, 0.2) is 31.0 Å². The van der Waals surface area contributed by atoms with Crippen molar-refractivity contribution in [1.82, 2.24) is 10.3 Å². The number of nitriles is 1. The van der Waals surface area contributed by atoms with Gasteiger partial charge in [0.05, 0.1) is 16.8 Å². The molecular weight excluding hydrogens is 484 g/mol. The number of rotatable bonds is 7. The van der Waals surface area contributed by atoms with Gasteiger partial charge in [0.25, 0.3) is 0 Å². The molecule has 0 spiro atoms. The molecule has 7 N–H and O–H groups in total. The molecule has 37 heavy (non-hydrogen) atoms. The summed E-state index contributed by atoms with van der Waals surface area (Å²) in [5.41, 5.74) is 14.9. The summed E-state index contributed by atoms with van der Waals surface area (Å²) in [6.45, 7) is 11.7. The first-order chi connectivity index (χ1) is 17.7. The Labute approximate surface area is 228 Å². The molecule has 2 aliphatic carbocycles. The van der Waals surface area contributed by atoms with E-state index in [4.69, 9.17) is 19.8 Å². The van der Waals surface area contributed by atoms with Gasteiger partial charge in [0.15, 0.2) is 0 Å². The first-order valence-electron chi connectivity index (χ1n) is 12.7. The summed E-state index contributed by atoms with van der Waals surface area (Å²) < 4.78 is 0. The minimum absolute atomic E-state index is 0.250. The Morgan fingerprint density at radius 2 is 1.76 bits per heavy atom. The lowest BCUT2D eigenvalue weighted by atomic mass is 9.83. The summed E-state index contributed by atoms with van der Waals surface area (Å²) in [4.78, 5) is 23.5. The third kappa shape index (κ3) is 16.4. The van der Waals surface area contributed by atoms with E-state index in [0.29, 0.717) is 17.8 Å². The molecule has 2 aliphatic rings. The number of aryl methyl sites for hydroxylation is 1. The molecule has 0 saturated heterocycles. The molecule has 0 bridgehead atoms. The Morgan fingerprint density at radius 3 is 2.22 bits per heavy atom. The highest BCUT2D eigenvalue weighted by Crippen LogP contribution is 2.38. The summed E-state index contributed by atoms with van der Waals surface area (Å²) in [5, 5.41) is 13.2. The topological polar surface area (TPSA) is 161 Å². The molecular formula is C28H48N6O2S. The average molecular weight is 533 g/mol. The van der Waals surface area contributed by atoms with Crippen molar-refractivity contribution in [3.05, 3.63) is 46.6 Å². The fourth-order valence-corrected chi connectivity index (χ4v) is 5.50. The molecule has 1 fully saturated rings. The fraction of sp³-hybridized carbons (Fsp3) is 0.571. The predicted octanol–water partition coefficient (Wildman–Crippen LogP) is 4.32. The number of amides is 2. The summed E-state index contributed by atoms with van der Waals surface area (Å²) >= 11 is 1.92. The molecule has 1 aromatic heterocycles. The standard InChI is InChI=1S/C22H30N2S.C2H7N.C2H5N.2CH3NO/c1-15(2)18-8-10-20-21(13-18)25-22(24-20)11-9-19(12-16(3)14-23)17-6-4-5-7-17;1-3-2;1-2-3;2*2-1-3/h8,10,15,17-19H,3-7,9,11-13H2,1-2H3;3H,1-2H3;2H,1,3H2;2*1H,(H2,2,3). The molecule has 2 amide bonds. The second kappa shape index (κ2) is 23.4. The molecule has 3 rings (SSSR count). The minimum Gasteiger partial charge on any atom is -0.405 e.